The fourth-order valence-electron chi connectivity index (χ4n) is 3.35. The number of nitrogens with one attached hydrogen (secondary N) is 1. The lowest BCUT2D eigenvalue weighted by atomic mass is 9.77. The van der Waals surface area contributed by atoms with Crippen LogP contribution in [0.2, 0.25) is 0 Å². The summed E-state index contributed by atoms with van der Waals surface area (Å²) in [5, 5.41) is 0. The Labute approximate surface area is 151 Å². The third-order valence-electron chi connectivity index (χ3n) is 6.37. The Bertz CT molecular complexity index is 492. The predicted molar refractivity (Wildman–Crippen MR) is 107 cm³/mol. The zero-order valence-electron chi connectivity index (χ0n) is 17.8. The number of hydrogen-bond donors (Lipinski definition) is 1. The molecule has 1 N–H and O–H groups in total. The monoisotopic (exact) mass is 334 g/mol. The Morgan fingerprint density at radius 1 is 0.958 bits per heavy atom. The van der Waals surface area contributed by atoms with Gasteiger partial charge in [0.2, 0.25) is 0 Å². The van der Waals surface area contributed by atoms with Crippen LogP contribution < -0.4 is 0 Å². The average molecular weight is 335 g/mol. The van der Waals surface area contributed by atoms with Crippen molar-refractivity contribution in [1.82, 2.24) is 9.97 Å². The van der Waals surface area contributed by atoms with Crippen molar-refractivity contribution in [3.8, 4) is 0 Å². The molecule has 24 heavy (non-hydrogen) atoms. The lowest BCUT2D eigenvalue weighted by molar-refractivity contribution is 0.407. The van der Waals surface area contributed by atoms with Gasteiger partial charge in [0.05, 0.1) is 5.69 Å². The predicted octanol–water partition coefficient (Wildman–Crippen LogP) is 7.10. The van der Waals surface area contributed by atoms with Crippen LogP contribution in [0.4, 0.5) is 0 Å². The van der Waals surface area contributed by atoms with Crippen LogP contribution in [0, 0.1) is 5.92 Å². The van der Waals surface area contributed by atoms with Crippen LogP contribution in [0.5, 0.6) is 0 Å². The van der Waals surface area contributed by atoms with Crippen molar-refractivity contribution in [3.63, 3.8) is 0 Å². The molecule has 2 nitrogen and oxygen atoms in total. The number of imidazole rings is 1. The average Bonchev–Trinajstić information content (AvgIpc) is 3.00. The van der Waals surface area contributed by atoms with Crippen LogP contribution in [0.15, 0.2) is 0 Å². The van der Waals surface area contributed by atoms with E-state index >= 15 is 0 Å². The molecule has 0 aliphatic heterocycles. The molecular weight excluding hydrogens is 292 g/mol. The van der Waals surface area contributed by atoms with E-state index in [1.165, 1.54) is 42.9 Å². The number of nitrogens with zero attached hydrogens (tertiary/aromatic N) is 1. The first-order chi connectivity index (χ1) is 11.1. The van der Waals surface area contributed by atoms with Crippen LogP contribution in [-0.4, -0.2) is 9.97 Å². The van der Waals surface area contributed by atoms with Crippen molar-refractivity contribution in [1.29, 1.82) is 0 Å². The zero-order chi connectivity index (χ0) is 18.5. The minimum absolute atomic E-state index is 0.126. The Balaban J connectivity index is 3.30. The molecule has 1 heterocycles. The van der Waals surface area contributed by atoms with E-state index in [9.17, 15) is 0 Å². The van der Waals surface area contributed by atoms with Gasteiger partial charge in [-0.1, -0.05) is 81.6 Å². The molecule has 0 saturated heterocycles. The van der Waals surface area contributed by atoms with E-state index in [0.717, 1.165) is 12.8 Å². The third-order valence-corrected chi connectivity index (χ3v) is 6.37. The number of aromatic nitrogens is 2. The number of unbranched alkanes of at least 4 members (excludes halogenated alkanes) is 2. The number of rotatable bonds is 10. The number of H-pyrrole nitrogens is 1. The highest BCUT2D eigenvalue weighted by atomic mass is 15.0. The Kier molecular flexibility index (Phi) is 7.56. The second-order valence-electron chi connectivity index (χ2n) is 8.99. The maximum atomic E-state index is 5.22. The Hall–Kier alpha value is -0.790. The van der Waals surface area contributed by atoms with Crippen LogP contribution >= 0.6 is 0 Å². The fraction of sp³-hybridized carbons (Fsp3) is 0.864. The van der Waals surface area contributed by atoms with Crippen molar-refractivity contribution < 1.29 is 0 Å². The van der Waals surface area contributed by atoms with Crippen LogP contribution in [-0.2, 0) is 10.8 Å². The molecule has 0 amide bonds. The van der Waals surface area contributed by atoms with Gasteiger partial charge in [-0.3, -0.25) is 0 Å². The van der Waals surface area contributed by atoms with Gasteiger partial charge in [-0.15, -0.1) is 0 Å². The molecule has 0 aliphatic rings. The molecule has 0 aromatic carbocycles. The summed E-state index contributed by atoms with van der Waals surface area (Å²) in [6, 6.07) is 0. The van der Waals surface area contributed by atoms with Gasteiger partial charge in [-0.25, -0.2) is 4.98 Å². The molecule has 140 valence electrons. The zero-order valence-corrected chi connectivity index (χ0v) is 17.8. The van der Waals surface area contributed by atoms with Crippen LogP contribution in [0.3, 0.4) is 0 Å². The summed E-state index contributed by atoms with van der Waals surface area (Å²) >= 11 is 0. The molecule has 1 aromatic heterocycles. The van der Waals surface area contributed by atoms with Crippen LogP contribution in [0.1, 0.15) is 124 Å². The molecule has 0 radical (unpaired) electrons. The van der Waals surface area contributed by atoms with Gasteiger partial charge in [-0.2, -0.15) is 0 Å². The first-order valence-electron chi connectivity index (χ1n) is 10.2. The van der Waals surface area contributed by atoms with E-state index < -0.39 is 0 Å². The summed E-state index contributed by atoms with van der Waals surface area (Å²) in [5.41, 5.74) is 3.01. The maximum absolute atomic E-state index is 5.22. The summed E-state index contributed by atoms with van der Waals surface area (Å²) in [4.78, 5) is 9.02. The summed E-state index contributed by atoms with van der Waals surface area (Å²) in [6.07, 6.45) is 7.36. The van der Waals surface area contributed by atoms with Gasteiger partial charge in [0.15, 0.2) is 0 Å². The molecule has 1 atom stereocenters. The van der Waals surface area contributed by atoms with E-state index in [-0.39, 0.29) is 10.8 Å². The van der Waals surface area contributed by atoms with Crippen molar-refractivity contribution >= 4 is 0 Å². The van der Waals surface area contributed by atoms with Crippen molar-refractivity contribution in [2.24, 2.45) is 5.92 Å². The highest BCUT2D eigenvalue weighted by Crippen LogP contribution is 2.39. The number of aromatic amines is 1. The van der Waals surface area contributed by atoms with Gasteiger partial charge in [0, 0.05) is 22.4 Å². The molecule has 0 fully saturated rings. The summed E-state index contributed by atoms with van der Waals surface area (Å²) < 4.78 is 0. The maximum Gasteiger partial charge on any atom is 0.112 e. The van der Waals surface area contributed by atoms with Gasteiger partial charge in [0.1, 0.15) is 5.82 Å². The minimum Gasteiger partial charge on any atom is -0.345 e. The summed E-state index contributed by atoms with van der Waals surface area (Å²) in [7, 11) is 0. The molecule has 1 rings (SSSR count). The fourth-order valence-corrected chi connectivity index (χ4v) is 3.35. The number of hydrogen-bond acceptors (Lipinski definition) is 1. The van der Waals surface area contributed by atoms with Crippen molar-refractivity contribution in [2.75, 3.05) is 0 Å². The van der Waals surface area contributed by atoms with Gasteiger partial charge < -0.3 is 4.98 Å². The van der Waals surface area contributed by atoms with Crippen LogP contribution in [0.25, 0.3) is 0 Å². The third kappa shape index (κ3) is 4.64. The molecule has 0 spiro atoms. The minimum atomic E-state index is 0.126. The lowest BCUT2D eigenvalue weighted by Gasteiger charge is -2.28. The highest BCUT2D eigenvalue weighted by Gasteiger charge is 2.34. The van der Waals surface area contributed by atoms with Crippen molar-refractivity contribution in [3.05, 3.63) is 17.2 Å². The standard InChI is InChI=1S/C22H42N2/c1-10-13-14-15-21(7,8)20-23-18(17(6)16(4)5)19(24-20)22(9,11-2)12-3/h16-17H,10-15H2,1-9H3,(H,23,24). The van der Waals surface area contributed by atoms with Gasteiger partial charge in [-0.05, 0) is 25.2 Å². The van der Waals surface area contributed by atoms with E-state index in [2.05, 4.69) is 67.3 Å². The quantitative estimate of drug-likeness (QED) is 0.454. The van der Waals surface area contributed by atoms with Gasteiger partial charge >= 0.3 is 0 Å². The molecular formula is C22H42N2. The summed E-state index contributed by atoms with van der Waals surface area (Å²) in [6.45, 7) is 20.9. The van der Waals surface area contributed by atoms with Crippen molar-refractivity contribution in [2.45, 2.75) is 118 Å². The first-order valence-corrected chi connectivity index (χ1v) is 10.2. The van der Waals surface area contributed by atoms with Gasteiger partial charge in [0.25, 0.3) is 0 Å². The molecule has 0 saturated carbocycles. The normalized spacial score (nSPS) is 14.4. The summed E-state index contributed by atoms with van der Waals surface area (Å²) in [5.74, 6) is 2.34. The first kappa shape index (κ1) is 21.3. The van der Waals surface area contributed by atoms with E-state index in [1.807, 2.05) is 0 Å². The highest BCUT2D eigenvalue weighted by molar-refractivity contribution is 5.29. The Morgan fingerprint density at radius 3 is 2.00 bits per heavy atom. The van der Waals surface area contributed by atoms with E-state index in [0.29, 0.717) is 11.8 Å². The SMILES string of the molecule is CCCCCC(C)(C)c1nc(C(C)(CC)CC)c(C(C)C(C)C)[nH]1. The topological polar surface area (TPSA) is 28.7 Å². The molecule has 0 bridgehead atoms. The lowest BCUT2D eigenvalue weighted by Crippen LogP contribution is -2.24. The second-order valence-corrected chi connectivity index (χ2v) is 8.99. The smallest absolute Gasteiger partial charge is 0.112 e. The molecule has 1 unspecified atom stereocenters. The molecule has 1 aromatic rings. The largest absolute Gasteiger partial charge is 0.345 e. The van der Waals surface area contributed by atoms with E-state index in [4.69, 9.17) is 4.98 Å². The second kappa shape index (κ2) is 8.54. The molecule has 0 aliphatic carbocycles. The molecule has 2 heteroatoms. The van der Waals surface area contributed by atoms with E-state index in [1.54, 1.807) is 0 Å². The Morgan fingerprint density at radius 2 is 1.54 bits per heavy atom.